The van der Waals surface area contributed by atoms with E-state index in [0.29, 0.717) is 12.1 Å². The summed E-state index contributed by atoms with van der Waals surface area (Å²) in [7, 11) is 0. The van der Waals surface area contributed by atoms with Crippen LogP contribution >= 0.6 is 11.3 Å². The molecule has 2 aromatic rings. The number of aromatic amines is 1. The van der Waals surface area contributed by atoms with Crippen LogP contribution in [0.15, 0.2) is 16.2 Å². The molecule has 0 aromatic carbocycles. The van der Waals surface area contributed by atoms with Gasteiger partial charge in [0.1, 0.15) is 5.82 Å². The van der Waals surface area contributed by atoms with Gasteiger partial charge in [0.25, 0.3) is 5.56 Å². The minimum absolute atomic E-state index is 0.0707. The van der Waals surface area contributed by atoms with Crippen molar-refractivity contribution in [3.63, 3.8) is 0 Å². The van der Waals surface area contributed by atoms with Crippen molar-refractivity contribution in [2.75, 3.05) is 0 Å². The first-order chi connectivity index (χ1) is 10.6. The number of fused-ring (bicyclic) bond motifs is 3. The SMILES string of the molecule is Cc1nc2c(c(=O)[nH]1)CC1CCC(C2)N1Cc1csc(C)c1. The van der Waals surface area contributed by atoms with Crippen molar-refractivity contribution in [3.05, 3.63) is 49.3 Å². The third kappa shape index (κ3) is 2.42. The molecule has 2 aliphatic rings. The summed E-state index contributed by atoms with van der Waals surface area (Å²) in [5, 5.41) is 2.27. The van der Waals surface area contributed by atoms with E-state index >= 15 is 0 Å². The summed E-state index contributed by atoms with van der Waals surface area (Å²) >= 11 is 1.82. The molecule has 5 heteroatoms. The van der Waals surface area contributed by atoms with Gasteiger partial charge in [0, 0.05) is 35.5 Å². The van der Waals surface area contributed by atoms with Gasteiger partial charge in [-0.05, 0) is 50.1 Å². The highest BCUT2D eigenvalue weighted by atomic mass is 32.1. The molecule has 116 valence electrons. The summed E-state index contributed by atoms with van der Waals surface area (Å²) in [4.78, 5) is 23.7. The fraction of sp³-hybridized carbons (Fsp3) is 0.529. The number of rotatable bonds is 2. The second-order valence-electron chi connectivity index (χ2n) is 6.61. The van der Waals surface area contributed by atoms with Crippen LogP contribution in [0.5, 0.6) is 0 Å². The zero-order chi connectivity index (χ0) is 15.3. The van der Waals surface area contributed by atoms with Crippen LogP contribution < -0.4 is 5.56 Å². The van der Waals surface area contributed by atoms with E-state index in [2.05, 4.69) is 33.2 Å². The quantitative estimate of drug-likeness (QED) is 0.926. The Morgan fingerprint density at radius 3 is 2.82 bits per heavy atom. The average molecular weight is 315 g/mol. The van der Waals surface area contributed by atoms with E-state index in [9.17, 15) is 4.79 Å². The number of nitrogens with zero attached hydrogens (tertiary/aromatic N) is 2. The Kier molecular flexibility index (Phi) is 3.42. The molecule has 4 rings (SSSR count). The summed E-state index contributed by atoms with van der Waals surface area (Å²) in [5.41, 5.74) is 3.43. The Morgan fingerprint density at radius 2 is 2.09 bits per heavy atom. The van der Waals surface area contributed by atoms with Gasteiger partial charge in [-0.1, -0.05) is 0 Å². The summed E-state index contributed by atoms with van der Waals surface area (Å²) in [6.07, 6.45) is 4.18. The Hall–Kier alpha value is -1.46. The smallest absolute Gasteiger partial charge is 0.254 e. The van der Waals surface area contributed by atoms with Crippen LogP contribution in [0.1, 0.15) is 40.4 Å². The average Bonchev–Trinajstić information content (AvgIpc) is 2.96. The maximum atomic E-state index is 12.3. The minimum Gasteiger partial charge on any atom is -0.311 e. The molecule has 2 bridgehead atoms. The van der Waals surface area contributed by atoms with E-state index in [0.717, 1.165) is 36.5 Å². The number of H-pyrrole nitrogens is 1. The third-order valence-electron chi connectivity index (χ3n) is 5.01. The lowest BCUT2D eigenvalue weighted by Gasteiger charge is -2.27. The Balaban J connectivity index is 1.66. The number of hydrogen-bond donors (Lipinski definition) is 1. The number of aryl methyl sites for hydroxylation is 2. The first-order valence-electron chi connectivity index (χ1n) is 7.98. The Morgan fingerprint density at radius 1 is 1.32 bits per heavy atom. The van der Waals surface area contributed by atoms with E-state index < -0.39 is 0 Å². The molecule has 0 amide bonds. The number of thiophene rings is 1. The van der Waals surface area contributed by atoms with Crippen molar-refractivity contribution in [1.29, 1.82) is 0 Å². The van der Waals surface area contributed by atoms with E-state index in [1.54, 1.807) is 0 Å². The van der Waals surface area contributed by atoms with Gasteiger partial charge in [-0.25, -0.2) is 4.98 Å². The Bertz CT molecular complexity index is 764. The first-order valence-corrected chi connectivity index (χ1v) is 8.86. The Labute approximate surface area is 134 Å². The van der Waals surface area contributed by atoms with Gasteiger partial charge in [0.15, 0.2) is 0 Å². The number of nitrogens with one attached hydrogen (secondary N) is 1. The molecule has 4 heterocycles. The van der Waals surface area contributed by atoms with Gasteiger partial charge in [0.05, 0.1) is 5.69 Å². The molecule has 1 saturated heterocycles. The van der Waals surface area contributed by atoms with Gasteiger partial charge >= 0.3 is 0 Å². The lowest BCUT2D eigenvalue weighted by atomic mass is 9.98. The molecule has 1 fully saturated rings. The second kappa shape index (κ2) is 5.32. The molecule has 2 atom stereocenters. The summed E-state index contributed by atoms with van der Waals surface area (Å²) in [6.45, 7) is 5.04. The maximum Gasteiger partial charge on any atom is 0.254 e. The monoisotopic (exact) mass is 315 g/mol. The van der Waals surface area contributed by atoms with Gasteiger partial charge in [-0.15, -0.1) is 11.3 Å². The second-order valence-corrected chi connectivity index (χ2v) is 7.72. The van der Waals surface area contributed by atoms with E-state index in [4.69, 9.17) is 0 Å². The van der Waals surface area contributed by atoms with Gasteiger partial charge in [0.2, 0.25) is 0 Å². The van der Waals surface area contributed by atoms with Crippen molar-refractivity contribution in [3.8, 4) is 0 Å². The van der Waals surface area contributed by atoms with Crippen LogP contribution in [0.25, 0.3) is 0 Å². The normalized spacial score (nSPS) is 24.3. The fourth-order valence-corrected chi connectivity index (χ4v) is 4.71. The predicted molar refractivity (Wildman–Crippen MR) is 88.4 cm³/mol. The van der Waals surface area contributed by atoms with Crippen LogP contribution in [0, 0.1) is 13.8 Å². The minimum atomic E-state index is 0.0707. The molecular weight excluding hydrogens is 294 g/mol. The molecule has 0 spiro atoms. The highest BCUT2D eigenvalue weighted by molar-refractivity contribution is 7.10. The van der Waals surface area contributed by atoms with E-state index in [1.165, 1.54) is 23.3 Å². The zero-order valence-corrected chi connectivity index (χ0v) is 13.9. The molecular formula is C17H21N3OS. The third-order valence-corrected chi connectivity index (χ3v) is 5.92. The molecule has 22 heavy (non-hydrogen) atoms. The fourth-order valence-electron chi connectivity index (χ4n) is 4.01. The zero-order valence-electron chi connectivity index (χ0n) is 13.1. The summed E-state index contributed by atoms with van der Waals surface area (Å²) < 4.78 is 0. The van der Waals surface area contributed by atoms with Crippen LogP contribution in [-0.4, -0.2) is 27.0 Å². The number of hydrogen-bond acceptors (Lipinski definition) is 4. The molecule has 0 aliphatic carbocycles. The molecule has 1 N–H and O–H groups in total. The molecule has 2 aliphatic heterocycles. The van der Waals surface area contributed by atoms with Crippen LogP contribution in [-0.2, 0) is 19.4 Å². The highest BCUT2D eigenvalue weighted by Crippen LogP contribution is 2.34. The number of aromatic nitrogens is 2. The highest BCUT2D eigenvalue weighted by Gasteiger charge is 2.38. The lowest BCUT2D eigenvalue weighted by Crippen LogP contribution is -2.36. The van der Waals surface area contributed by atoms with Crippen molar-refractivity contribution in [1.82, 2.24) is 14.9 Å². The van der Waals surface area contributed by atoms with E-state index in [-0.39, 0.29) is 5.56 Å². The molecule has 4 nitrogen and oxygen atoms in total. The van der Waals surface area contributed by atoms with E-state index in [1.807, 2.05) is 18.3 Å². The van der Waals surface area contributed by atoms with Crippen LogP contribution in [0.4, 0.5) is 0 Å². The van der Waals surface area contributed by atoms with Gasteiger partial charge in [-0.3, -0.25) is 9.69 Å². The predicted octanol–water partition coefficient (Wildman–Crippen LogP) is 2.58. The summed E-state index contributed by atoms with van der Waals surface area (Å²) in [6, 6.07) is 3.30. The van der Waals surface area contributed by atoms with Crippen molar-refractivity contribution < 1.29 is 0 Å². The molecule has 0 radical (unpaired) electrons. The van der Waals surface area contributed by atoms with Crippen molar-refractivity contribution in [2.45, 2.75) is 58.2 Å². The molecule has 2 unspecified atom stereocenters. The van der Waals surface area contributed by atoms with Crippen molar-refractivity contribution in [2.24, 2.45) is 0 Å². The van der Waals surface area contributed by atoms with Crippen LogP contribution in [0.2, 0.25) is 0 Å². The molecule has 0 saturated carbocycles. The van der Waals surface area contributed by atoms with Crippen LogP contribution in [0.3, 0.4) is 0 Å². The molecule has 2 aromatic heterocycles. The first kappa shape index (κ1) is 14.2. The largest absolute Gasteiger partial charge is 0.311 e. The van der Waals surface area contributed by atoms with Gasteiger partial charge in [-0.2, -0.15) is 0 Å². The summed E-state index contributed by atoms with van der Waals surface area (Å²) in [5.74, 6) is 0.738. The topological polar surface area (TPSA) is 49.0 Å². The van der Waals surface area contributed by atoms with Crippen molar-refractivity contribution >= 4 is 11.3 Å². The van der Waals surface area contributed by atoms with Gasteiger partial charge < -0.3 is 4.98 Å². The maximum absolute atomic E-state index is 12.3. The standard InChI is InChI=1S/C17H21N3OS/c1-10-5-12(9-22-10)8-20-13-3-4-14(20)7-16-15(6-13)17(21)19-11(2)18-16/h5,9,13-14H,3-4,6-8H2,1-2H3,(H,18,19,21). The lowest BCUT2D eigenvalue weighted by molar-refractivity contribution is 0.188.